The van der Waals surface area contributed by atoms with Gasteiger partial charge < -0.3 is 10.0 Å². The number of rotatable bonds is 2. The molecule has 0 radical (unpaired) electrons. The Balaban J connectivity index is 2.89. The Kier molecular flexibility index (Phi) is 2.95. The summed E-state index contributed by atoms with van der Waals surface area (Å²) in [6, 6.07) is -0.613. The number of nitrogens with zero attached hydrogens (tertiary/aromatic N) is 2. The normalized spacial score (nSPS) is 27.2. The van der Waals surface area contributed by atoms with Gasteiger partial charge in [0.2, 0.25) is 5.91 Å². The topological polar surface area (TPSA) is 86.9 Å². The molecule has 1 rings (SSSR count). The van der Waals surface area contributed by atoms with Gasteiger partial charge in [0, 0.05) is 7.05 Å². The van der Waals surface area contributed by atoms with Gasteiger partial charge in [-0.2, -0.15) is 0 Å². The largest absolute Gasteiger partial charge is 0.465 e. The molecule has 0 aromatic carbocycles. The third-order valence-corrected chi connectivity index (χ3v) is 2.43. The minimum atomic E-state index is -1.14. The maximum absolute atomic E-state index is 11.6. The lowest BCUT2D eigenvalue weighted by atomic mass is 10.1. The number of nitrogens with two attached hydrogens (primary N) is 1. The molecule has 3 N–H and O–H groups in total. The van der Waals surface area contributed by atoms with Crippen molar-refractivity contribution in [2.75, 3.05) is 7.05 Å². The Bertz CT molecular complexity index is 256. The zero-order chi connectivity index (χ0) is 10.9. The number of likely N-dealkylation sites (N-methyl/N-ethyl adjacent to an activating group) is 1. The molecule has 1 aliphatic heterocycles. The van der Waals surface area contributed by atoms with Gasteiger partial charge in [-0.05, 0) is 6.42 Å². The van der Waals surface area contributed by atoms with E-state index in [2.05, 4.69) is 0 Å². The predicted octanol–water partition coefficient (Wildman–Crippen LogP) is -0.151. The van der Waals surface area contributed by atoms with Crippen LogP contribution in [0.1, 0.15) is 19.8 Å². The molecule has 0 aliphatic carbocycles. The van der Waals surface area contributed by atoms with Crippen molar-refractivity contribution in [2.45, 2.75) is 32.1 Å². The highest BCUT2D eigenvalue weighted by Gasteiger charge is 2.44. The molecule has 2 amide bonds. The maximum Gasteiger partial charge on any atom is 0.410 e. The van der Waals surface area contributed by atoms with Crippen molar-refractivity contribution in [3.8, 4) is 0 Å². The van der Waals surface area contributed by atoms with Crippen LogP contribution < -0.4 is 5.73 Å². The van der Waals surface area contributed by atoms with Crippen molar-refractivity contribution in [3.05, 3.63) is 0 Å². The number of carboxylic acid groups (broad SMARTS) is 1. The molecular formula is C8H15N3O3. The molecule has 6 nitrogen and oxygen atoms in total. The van der Waals surface area contributed by atoms with Gasteiger partial charge >= 0.3 is 6.09 Å². The second-order valence-electron chi connectivity index (χ2n) is 3.36. The maximum atomic E-state index is 11.6. The second-order valence-corrected chi connectivity index (χ2v) is 3.36. The lowest BCUT2D eigenvalue weighted by Crippen LogP contribution is -2.48. The SMILES string of the molecule is CCCC1C(=O)N(C)C(N)N1C(=O)O. The lowest BCUT2D eigenvalue weighted by Gasteiger charge is -2.23. The third-order valence-electron chi connectivity index (χ3n) is 2.43. The average Bonchev–Trinajstić information content (AvgIpc) is 2.32. The van der Waals surface area contributed by atoms with Crippen molar-refractivity contribution >= 4 is 12.0 Å². The standard InChI is InChI=1S/C8H15N3O3/c1-3-4-5-6(12)10(2)7(9)11(5)8(13)14/h5,7H,3-4,9H2,1-2H3,(H,13,14). The fourth-order valence-corrected chi connectivity index (χ4v) is 1.64. The summed E-state index contributed by atoms with van der Waals surface area (Å²) in [5.41, 5.74) is 5.58. The molecule has 14 heavy (non-hydrogen) atoms. The average molecular weight is 201 g/mol. The van der Waals surface area contributed by atoms with E-state index >= 15 is 0 Å². The number of carbonyl (C=O) groups is 2. The monoisotopic (exact) mass is 201 g/mol. The van der Waals surface area contributed by atoms with Gasteiger partial charge in [-0.25, -0.2) is 4.79 Å². The van der Waals surface area contributed by atoms with Crippen LogP contribution in [0.15, 0.2) is 0 Å². The van der Waals surface area contributed by atoms with E-state index in [1.54, 1.807) is 0 Å². The van der Waals surface area contributed by atoms with Crippen molar-refractivity contribution in [3.63, 3.8) is 0 Å². The minimum absolute atomic E-state index is 0.221. The lowest BCUT2D eigenvalue weighted by molar-refractivity contribution is -0.128. The molecule has 1 fully saturated rings. The molecule has 6 heteroatoms. The van der Waals surface area contributed by atoms with Crippen molar-refractivity contribution in [1.82, 2.24) is 9.80 Å². The summed E-state index contributed by atoms with van der Waals surface area (Å²) >= 11 is 0. The van der Waals surface area contributed by atoms with Crippen LogP contribution in [0, 0.1) is 0 Å². The van der Waals surface area contributed by atoms with Crippen LogP contribution in [0.5, 0.6) is 0 Å². The van der Waals surface area contributed by atoms with Crippen LogP contribution in [-0.2, 0) is 4.79 Å². The predicted molar refractivity (Wildman–Crippen MR) is 49.3 cm³/mol. The molecule has 0 bridgehead atoms. The van der Waals surface area contributed by atoms with Crippen LogP contribution in [0.25, 0.3) is 0 Å². The molecule has 1 saturated heterocycles. The molecule has 0 saturated carbocycles. The van der Waals surface area contributed by atoms with Crippen molar-refractivity contribution in [2.24, 2.45) is 5.73 Å². The highest BCUT2D eigenvalue weighted by Crippen LogP contribution is 2.20. The van der Waals surface area contributed by atoms with Gasteiger partial charge in [-0.3, -0.25) is 15.4 Å². The fourth-order valence-electron chi connectivity index (χ4n) is 1.64. The van der Waals surface area contributed by atoms with E-state index in [0.29, 0.717) is 6.42 Å². The van der Waals surface area contributed by atoms with Crippen molar-refractivity contribution in [1.29, 1.82) is 0 Å². The Labute approximate surface area is 82.3 Å². The van der Waals surface area contributed by atoms with Gasteiger partial charge in [-0.15, -0.1) is 0 Å². The Morgan fingerprint density at radius 2 is 2.21 bits per heavy atom. The quantitative estimate of drug-likeness (QED) is 0.650. The fraction of sp³-hybridized carbons (Fsp3) is 0.750. The number of hydrogen-bond acceptors (Lipinski definition) is 3. The molecule has 0 spiro atoms. The zero-order valence-electron chi connectivity index (χ0n) is 8.30. The summed E-state index contributed by atoms with van der Waals surface area (Å²) in [5.74, 6) is -0.221. The van der Waals surface area contributed by atoms with Crippen LogP contribution in [0.2, 0.25) is 0 Å². The van der Waals surface area contributed by atoms with Crippen LogP contribution >= 0.6 is 0 Å². The van der Waals surface area contributed by atoms with Gasteiger partial charge in [0.1, 0.15) is 6.04 Å². The molecule has 2 unspecified atom stereocenters. The summed E-state index contributed by atoms with van der Waals surface area (Å²) in [6.45, 7) is 1.90. The Morgan fingerprint density at radius 3 is 2.64 bits per heavy atom. The molecule has 0 aromatic heterocycles. The van der Waals surface area contributed by atoms with E-state index in [9.17, 15) is 9.59 Å². The van der Waals surface area contributed by atoms with Gasteiger partial charge in [0.15, 0.2) is 6.29 Å². The molecule has 2 atom stereocenters. The van der Waals surface area contributed by atoms with Crippen LogP contribution in [-0.4, -0.2) is 46.3 Å². The molecular weight excluding hydrogens is 186 g/mol. The van der Waals surface area contributed by atoms with E-state index < -0.39 is 18.4 Å². The first kappa shape index (κ1) is 10.8. The summed E-state index contributed by atoms with van der Waals surface area (Å²) in [6.07, 6.45) is -0.727. The van der Waals surface area contributed by atoms with E-state index in [-0.39, 0.29) is 5.91 Å². The first-order chi connectivity index (χ1) is 6.50. The van der Waals surface area contributed by atoms with Gasteiger partial charge in [0.05, 0.1) is 0 Å². The Hall–Kier alpha value is -1.30. The summed E-state index contributed by atoms with van der Waals surface area (Å²) in [7, 11) is 1.51. The third kappa shape index (κ3) is 1.52. The molecule has 1 aliphatic rings. The Morgan fingerprint density at radius 1 is 1.64 bits per heavy atom. The molecule has 80 valence electrons. The number of amides is 2. The molecule has 1 heterocycles. The first-order valence-corrected chi connectivity index (χ1v) is 4.54. The summed E-state index contributed by atoms with van der Waals surface area (Å²) in [5, 5.41) is 8.88. The van der Waals surface area contributed by atoms with Crippen LogP contribution in [0.3, 0.4) is 0 Å². The first-order valence-electron chi connectivity index (χ1n) is 4.54. The molecule has 0 aromatic rings. The van der Waals surface area contributed by atoms with Crippen molar-refractivity contribution < 1.29 is 14.7 Å². The summed E-state index contributed by atoms with van der Waals surface area (Å²) < 4.78 is 0. The van der Waals surface area contributed by atoms with Crippen LogP contribution in [0.4, 0.5) is 4.79 Å². The van der Waals surface area contributed by atoms with E-state index in [1.165, 1.54) is 11.9 Å². The minimum Gasteiger partial charge on any atom is -0.465 e. The van der Waals surface area contributed by atoms with E-state index in [4.69, 9.17) is 10.8 Å². The highest BCUT2D eigenvalue weighted by molar-refractivity contribution is 5.88. The smallest absolute Gasteiger partial charge is 0.410 e. The van der Waals surface area contributed by atoms with E-state index in [0.717, 1.165) is 11.3 Å². The zero-order valence-corrected chi connectivity index (χ0v) is 8.30. The highest BCUT2D eigenvalue weighted by atomic mass is 16.4. The van der Waals surface area contributed by atoms with Gasteiger partial charge in [0.25, 0.3) is 0 Å². The number of carbonyl (C=O) groups excluding carboxylic acids is 1. The number of hydrogen-bond donors (Lipinski definition) is 2. The van der Waals surface area contributed by atoms with Gasteiger partial charge in [-0.1, -0.05) is 13.3 Å². The van der Waals surface area contributed by atoms with E-state index in [1.807, 2.05) is 6.92 Å². The summed E-state index contributed by atoms with van der Waals surface area (Å²) in [4.78, 5) is 24.7. The second kappa shape index (κ2) is 3.83.